The molecule has 12 aromatic rings. The Balaban J connectivity index is 0.00000832. The summed E-state index contributed by atoms with van der Waals surface area (Å²) in [5, 5.41) is 0.495. The molecule has 0 amide bonds. The Morgan fingerprint density at radius 3 is 1.96 bits per heavy atom. The Hall–Kier alpha value is -8.18. The van der Waals surface area contributed by atoms with Crippen molar-refractivity contribution in [2.24, 2.45) is 0 Å². The van der Waals surface area contributed by atoms with E-state index < -0.39 is 91.0 Å². The molecule has 13 rings (SSSR count). The first-order valence-electron chi connectivity index (χ1n) is 33.0. The van der Waals surface area contributed by atoms with E-state index in [1.807, 2.05) is 36.4 Å². The number of aryl methyl sites for hydroxylation is 1. The van der Waals surface area contributed by atoms with E-state index in [0.717, 1.165) is 34.3 Å². The molecule has 4 heterocycles. The SMILES string of the molecule is [2H]c1c([2H])c([2H])c(-c2cnc(-n3c4[c-]c(Oc5[c-]c(N6[CH-]N(Cc7cc(C(C)(C)C)cc(C(C)(C)C)c7)c7c(-c8ccccc8)cccc76)ccc5)ccc4c4c(-n5c6c([2H])c([2H])c([2H])c([2H])c6c6c([2H])c([2H])c([2H])c([2H])c65)cccc43)cc2C([2H])([2H])[2H])c([2H])c1[2H].[Pt]. The first-order valence-corrected chi connectivity index (χ1v) is 25.0. The normalized spacial score (nSPS) is 15.8. The summed E-state index contributed by atoms with van der Waals surface area (Å²) in [5.41, 5.74) is 7.57. The molecule has 0 radical (unpaired) electrons. The number of para-hydroxylation sites is 3. The second kappa shape index (κ2) is 19.4. The van der Waals surface area contributed by atoms with Crippen LogP contribution in [0.2, 0.25) is 0 Å². The summed E-state index contributed by atoms with van der Waals surface area (Å²) in [6.07, 6.45) is 1.15. The van der Waals surface area contributed by atoms with Gasteiger partial charge in [-0.05, 0) is 92.8 Å². The predicted octanol–water partition coefficient (Wildman–Crippen LogP) is 18.2. The number of benzene rings is 9. The molecule has 0 aliphatic carbocycles. The number of hydrogen-bond acceptors (Lipinski definition) is 4. The van der Waals surface area contributed by atoms with E-state index in [1.165, 1.54) is 21.8 Å². The molecule has 0 atom stereocenters. The zero-order chi connectivity index (χ0) is 65.7. The van der Waals surface area contributed by atoms with E-state index in [0.29, 0.717) is 34.3 Å². The van der Waals surface area contributed by atoms with Crippen LogP contribution in [0.25, 0.3) is 77.4 Å². The van der Waals surface area contributed by atoms with Crippen molar-refractivity contribution in [3.05, 3.63) is 247 Å². The maximum atomic E-state index is 9.35. The molecule has 1 aliphatic rings. The number of anilines is 3. The largest absolute Gasteiger partial charge is 0.509 e. The van der Waals surface area contributed by atoms with E-state index in [9.17, 15) is 2.74 Å². The summed E-state index contributed by atoms with van der Waals surface area (Å²) in [5.74, 6) is 0.427. The molecule has 0 spiro atoms. The van der Waals surface area contributed by atoms with Gasteiger partial charge in [0, 0.05) is 93.9 Å². The number of pyridine rings is 1. The Bertz CT molecular complexity index is 4970. The number of ether oxygens (including phenoxy) is 1. The third-order valence-electron chi connectivity index (χ3n) is 14.0. The van der Waals surface area contributed by atoms with Gasteiger partial charge in [-0.25, -0.2) is 4.98 Å². The molecule has 1 aliphatic heterocycles. The molecule has 9 aromatic carbocycles. The number of rotatable bonds is 9. The molecule has 0 saturated heterocycles. The van der Waals surface area contributed by atoms with Crippen molar-refractivity contribution >= 4 is 60.7 Å². The molecule has 0 fully saturated rings. The first kappa shape index (κ1) is 34.5. The molecule has 7 heteroatoms. The van der Waals surface area contributed by atoms with Crippen LogP contribution in [0.4, 0.5) is 17.1 Å². The fourth-order valence-electron chi connectivity index (χ4n) is 10.3. The molecule has 0 unspecified atom stereocenters. The van der Waals surface area contributed by atoms with Crippen molar-refractivity contribution in [2.75, 3.05) is 9.80 Å². The maximum absolute atomic E-state index is 9.35. The third-order valence-corrected chi connectivity index (χ3v) is 14.0. The Kier molecular flexibility index (Phi) is 8.70. The zero-order valence-electron chi connectivity index (χ0n) is 58.9. The standard InChI is InChI=1S/C70H58N5O.Pt/c1-46-37-66(71-43-59(46)49-23-12-9-13-24-49)75-63-33-20-32-62(74-60-30-16-14-27-56(60)57-28-15-17-31-61(57)74)67(63)58-36-35-54(42-65(58)75)76-53-26-18-25-52(41-53)73-45-72(68-55(29-19-34-64(68)73)48-21-10-8-11-22-48)44-47-38-50(69(2,3)4)40-51(39-47)70(5,6)7;/h8-40,43,45H,44H2,1-7H3;/q-3;/i1D3,9D,12D,13D,14D,15D,16D,17D,23D,24D,27D,28D,30D,31D;. The van der Waals surface area contributed by atoms with Crippen molar-refractivity contribution < 1.29 is 47.7 Å². The molecule has 0 saturated carbocycles. The monoisotopic (exact) mass is 1200 g/mol. The van der Waals surface area contributed by atoms with Gasteiger partial charge in [-0.3, -0.25) is 0 Å². The summed E-state index contributed by atoms with van der Waals surface area (Å²) in [6.45, 7) is 13.0. The minimum atomic E-state index is -2.96. The molecular weight excluding hydrogens is 1120 g/mol. The zero-order valence-corrected chi connectivity index (χ0v) is 45.1. The molecule has 0 bridgehead atoms. The van der Waals surface area contributed by atoms with Gasteiger partial charge < -0.3 is 23.7 Å². The van der Waals surface area contributed by atoms with Gasteiger partial charge in [-0.1, -0.05) is 186 Å². The van der Waals surface area contributed by atoms with Crippen LogP contribution in [0.15, 0.2) is 206 Å². The fourth-order valence-corrected chi connectivity index (χ4v) is 10.3. The Labute approximate surface area is 488 Å². The average molecular weight is 1200 g/mol. The quantitative estimate of drug-likeness (QED) is 0.135. The topological polar surface area (TPSA) is 38.5 Å². The van der Waals surface area contributed by atoms with Gasteiger partial charge in [0.1, 0.15) is 5.82 Å². The van der Waals surface area contributed by atoms with Gasteiger partial charge in [0.25, 0.3) is 0 Å². The summed E-state index contributed by atoms with van der Waals surface area (Å²) in [4.78, 5) is 9.14. The predicted molar refractivity (Wildman–Crippen MR) is 316 cm³/mol. The van der Waals surface area contributed by atoms with Gasteiger partial charge in [-0.15, -0.1) is 36.0 Å². The number of aromatic nitrogens is 3. The van der Waals surface area contributed by atoms with Crippen LogP contribution in [0, 0.1) is 25.7 Å². The first-order chi connectivity index (χ1) is 43.5. The fraction of sp³-hybridized carbons (Fsp3) is 0.143. The van der Waals surface area contributed by atoms with Gasteiger partial charge in [-0.2, -0.15) is 18.8 Å². The second-order valence-electron chi connectivity index (χ2n) is 21.0. The number of fused-ring (bicyclic) bond motifs is 7. The van der Waals surface area contributed by atoms with Crippen LogP contribution in [0.3, 0.4) is 0 Å². The van der Waals surface area contributed by atoms with E-state index >= 15 is 0 Å². The Morgan fingerprint density at radius 1 is 0.584 bits per heavy atom. The molecule has 77 heavy (non-hydrogen) atoms. The van der Waals surface area contributed by atoms with Crippen LogP contribution in [-0.2, 0) is 38.4 Å². The molecule has 0 N–H and O–H groups in total. The smallest absolute Gasteiger partial charge is 0.135 e. The van der Waals surface area contributed by atoms with Gasteiger partial charge in [0.05, 0.1) is 28.9 Å². The van der Waals surface area contributed by atoms with Crippen LogP contribution >= 0.6 is 0 Å². The summed E-state index contributed by atoms with van der Waals surface area (Å²) in [6, 6.07) is 37.8. The van der Waals surface area contributed by atoms with E-state index in [-0.39, 0.29) is 87.6 Å². The van der Waals surface area contributed by atoms with Gasteiger partial charge >= 0.3 is 0 Å². The summed E-state index contributed by atoms with van der Waals surface area (Å²) in [7, 11) is 0. The van der Waals surface area contributed by atoms with E-state index in [4.69, 9.17) is 28.9 Å². The summed E-state index contributed by atoms with van der Waals surface area (Å²) < 4.78 is 151. The van der Waals surface area contributed by atoms with Crippen LogP contribution in [0.5, 0.6) is 11.5 Å². The van der Waals surface area contributed by atoms with Crippen LogP contribution in [0.1, 0.15) is 85.7 Å². The third kappa shape index (κ3) is 8.89. The van der Waals surface area contributed by atoms with Crippen molar-refractivity contribution in [3.63, 3.8) is 0 Å². The summed E-state index contributed by atoms with van der Waals surface area (Å²) >= 11 is 0. The van der Waals surface area contributed by atoms with Crippen LogP contribution < -0.4 is 14.5 Å². The minimum absolute atomic E-state index is 0. The maximum Gasteiger partial charge on any atom is 0.135 e. The van der Waals surface area contributed by atoms with Crippen molar-refractivity contribution in [1.82, 2.24) is 14.1 Å². The van der Waals surface area contributed by atoms with Crippen molar-refractivity contribution in [2.45, 2.75) is 65.8 Å². The minimum Gasteiger partial charge on any atom is -0.509 e. The molecule has 382 valence electrons. The van der Waals surface area contributed by atoms with Gasteiger partial charge in [0.2, 0.25) is 0 Å². The van der Waals surface area contributed by atoms with Crippen LogP contribution in [-0.4, -0.2) is 14.1 Å². The number of nitrogens with zero attached hydrogens (tertiary/aromatic N) is 5. The number of hydrogen-bond donors (Lipinski definition) is 0. The Morgan fingerprint density at radius 2 is 1.25 bits per heavy atom. The molecule has 6 nitrogen and oxygen atoms in total. The molecular formula is C70H58N5OPt-3. The van der Waals surface area contributed by atoms with Crippen molar-refractivity contribution in [1.29, 1.82) is 0 Å². The second-order valence-corrected chi connectivity index (χ2v) is 21.0. The molecule has 3 aromatic heterocycles. The van der Waals surface area contributed by atoms with E-state index in [1.54, 1.807) is 41.0 Å². The van der Waals surface area contributed by atoms with Gasteiger partial charge in [0.15, 0.2) is 0 Å². The average Bonchev–Trinajstić information content (AvgIpc) is 1.54. The van der Waals surface area contributed by atoms with Crippen molar-refractivity contribution in [3.8, 4) is 45.3 Å². The van der Waals surface area contributed by atoms with E-state index in [2.05, 4.69) is 113 Å².